The Bertz CT molecular complexity index is 1180. The van der Waals surface area contributed by atoms with Crippen LogP contribution in [0.2, 0.25) is 0 Å². The monoisotopic (exact) mass is 398 g/mol. The fraction of sp³-hybridized carbons (Fsp3) is 0.158. The van der Waals surface area contributed by atoms with Crippen molar-refractivity contribution in [3.05, 3.63) is 57.4 Å². The number of aromatic nitrogens is 3. The quantitative estimate of drug-likeness (QED) is 0.519. The second kappa shape index (κ2) is 6.79. The maximum Gasteiger partial charge on any atom is 0.267 e. The lowest BCUT2D eigenvalue weighted by atomic mass is 10.1. The third kappa shape index (κ3) is 3.33. The van der Waals surface area contributed by atoms with Gasteiger partial charge in [-0.3, -0.25) is 10.1 Å². The van der Waals surface area contributed by atoms with Gasteiger partial charge in [-0.1, -0.05) is 12.1 Å². The maximum absolute atomic E-state index is 13.4. The van der Waals surface area contributed by atoms with Gasteiger partial charge in [0.1, 0.15) is 16.5 Å². The lowest BCUT2D eigenvalue weighted by Crippen LogP contribution is -2.11. The first kappa shape index (κ1) is 17.7. The summed E-state index contributed by atoms with van der Waals surface area (Å²) in [5, 5.41) is 6.02. The lowest BCUT2D eigenvalue weighted by Gasteiger charge is -2.01. The van der Waals surface area contributed by atoms with E-state index in [1.165, 1.54) is 34.8 Å². The molecule has 0 saturated carbocycles. The van der Waals surface area contributed by atoms with Crippen molar-refractivity contribution >= 4 is 43.9 Å². The Kier molecular flexibility index (Phi) is 4.45. The van der Waals surface area contributed by atoms with E-state index in [9.17, 15) is 9.18 Å². The van der Waals surface area contributed by atoms with Crippen LogP contribution in [0.3, 0.4) is 0 Å². The summed E-state index contributed by atoms with van der Waals surface area (Å²) in [6, 6.07) is 6.22. The predicted octanol–water partition coefficient (Wildman–Crippen LogP) is 5.13. The molecule has 0 saturated heterocycles. The number of hydrogen-bond donors (Lipinski definition) is 1. The molecular formula is C19H15FN4OS2. The highest BCUT2D eigenvalue weighted by Crippen LogP contribution is 2.32. The molecule has 0 spiro atoms. The molecule has 8 heteroatoms. The van der Waals surface area contributed by atoms with Crippen LogP contribution >= 0.6 is 22.7 Å². The molecule has 4 aromatic rings. The van der Waals surface area contributed by atoms with Crippen molar-refractivity contribution in [3.8, 4) is 11.3 Å². The first-order chi connectivity index (χ1) is 12.9. The van der Waals surface area contributed by atoms with Crippen LogP contribution in [-0.4, -0.2) is 20.9 Å². The maximum atomic E-state index is 13.4. The van der Waals surface area contributed by atoms with Crippen molar-refractivity contribution in [2.45, 2.75) is 20.8 Å². The molecule has 5 nitrogen and oxygen atoms in total. The third-order valence-electron chi connectivity index (χ3n) is 4.13. The summed E-state index contributed by atoms with van der Waals surface area (Å²) in [5.74, 6) is 0.138. The fourth-order valence-electron chi connectivity index (χ4n) is 2.96. The molecule has 0 aliphatic heterocycles. The van der Waals surface area contributed by atoms with Gasteiger partial charge in [0.25, 0.3) is 5.91 Å². The molecule has 0 atom stereocenters. The van der Waals surface area contributed by atoms with Gasteiger partial charge in [0, 0.05) is 22.0 Å². The zero-order valence-corrected chi connectivity index (χ0v) is 16.5. The second-order valence-corrected chi connectivity index (χ2v) is 7.95. The van der Waals surface area contributed by atoms with Gasteiger partial charge in [-0.05, 0) is 38.5 Å². The van der Waals surface area contributed by atoms with Crippen molar-refractivity contribution in [1.82, 2.24) is 15.0 Å². The summed E-state index contributed by atoms with van der Waals surface area (Å²) in [4.78, 5) is 27.4. The number of aryl methyl sites for hydroxylation is 3. The van der Waals surface area contributed by atoms with Gasteiger partial charge in [0.15, 0.2) is 5.13 Å². The highest BCUT2D eigenvalue weighted by molar-refractivity contribution is 7.21. The predicted molar refractivity (Wildman–Crippen MR) is 107 cm³/mol. The minimum Gasteiger partial charge on any atom is -0.297 e. The molecule has 0 bridgehead atoms. The molecule has 0 radical (unpaired) electrons. The summed E-state index contributed by atoms with van der Waals surface area (Å²) >= 11 is 2.65. The first-order valence-electron chi connectivity index (χ1n) is 8.19. The van der Waals surface area contributed by atoms with Crippen molar-refractivity contribution < 1.29 is 9.18 Å². The van der Waals surface area contributed by atoms with Crippen LogP contribution in [0.4, 0.5) is 9.52 Å². The van der Waals surface area contributed by atoms with Crippen LogP contribution in [0.5, 0.6) is 0 Å². The summed E-state index contributed by atoms with van der Waals surface area (Å²) < 4.78 is 13.4. The highest BCUT2D eigenvalue weighted by atomic mass is 32.1. The van der Waals surface area contributed by atoms with E-state index in [-0.39, 0.29) is 11.7 Å². The topological polar surface area (TPSA) is 67.8 Å². The van der Waals surface area contributed by atoms with E-state index in [1.54, 1.807) is 17.5 Å². The van der Waals surface area contributed by atoms with E-state index in [0.717, 1.165) is 21.5 Å². The average Bonchev–Trinajstić information content (AvgIpc) is 3.19. The molecule has 136 valence electrons. The number of thiazole rings is 1. The third-order valence-corrected chi connectivity index (χ3v) is 6.08. The van der Waals surface area contributed by atoms with Gasteiger partial charge in [0.2, 0.25) is 0 Å². The molecule has 1 aromatic carbocycles. The minimum atomic E-state index is -0.321. The number of hydrogen-bond acceptors (Lipinski definition) is 6. The van der Waals surface area contributed by atoms with E-state index < -0.39 is 0 Å². The molecule has 4 rings (SSSR count). The molecule has 1 N–H and O–H groups in total. The smallest absolute Gasteiger partial charge is 0.267 e. The molecular weight excluding hydrogens is 383 g/mol. The molecule has 0 unspecified atom stereocenters. The molecule has 27 heavy (non-hydrogen) atoms. The van der Waals surface area contributed by atoms with Crippen molar-refractivity contribution in [1.29, 1.82) is 0 Å². The average molecular weight is 398 g/mol. The Morgan fingerprint density at radius 1 is 1.15 bits per heavy atom. The number of fused-ring (bicyclic) bond motifs is 1. The minimum absolute atomic E-state index is 0.229. The van der Waals surface area contributed by atoms with Gasteiger partial charge in [0.05, 0.1) is 10.6 Å². The van der Waals surface area contributed by atoms with Gasteiger partial charge in [-0.25, -0.2) is 19.3 Å². The fourth-order valence-corrected chi connectivity index (χ4v) is 4.84. The van der Waals surface area contributed by atoms with E-state index in [2.05, 4.69) is 20.3 Å². The Morgan fingerprint density at radius 3 is 2.74 bits per heavy atom. The summed E-state index contributed by atoms with van der Waals surface area (Å²) in [6.45, 7) is 5.66. The van der Waals surface area contributed by atoms with E-state index in [4.69, 9.17) is 0 Å². The summed E-state index contributed by atoms with van der Waals surface area (Å²) in [7, 11) is 0. The number of nitrogens with one attached hydrogen (secondary N) is 1. The zero-order valence-electron chi connectivity index (χ0n) is 14.8. The summed E-state index contributed by atoms with van der Waals surface area (Å²) in [5.41, 5.74) is 3.03. The highest BCUT2D eigenvalue weighted by Gasteiger charge is 2.19. The van der Waals surface area contributed by atoms with Crippen LogP contribution in [0.25, 0.3) is 21.5 Å². The first-order valence-corrected chi connectivity index (χ1v) is 9.89. The number of nitrogens with zero attached hydrogens (tertiary/aromatic N) is 3. The van der Waals surface area contributed by atoms with Crippen molar-refractivity contribution in [2.24, 2.45) is 0 Å². The number of carbonyl (C=O) groups excluding carboxylic acids is 1. The molecule has 0 aliphatic rings. The summed E-state index contributed by atoms with van der Waals surface area (Å²) in [6.07, 6.45) is 0. The van der Waals surface area contributed by atoms with Gasteiger partial charge >= 0.3 is 0 Å². The molecule has 3 heterocycles. The van der Waals surface area contributed by atoms with E-state index >= 15 is 0 Å². The molecule has 1 amide bonds. The Balaban J connectivity index is 1.63. The number of anilines is 1. The zero-order chi connectivity index (χ0) is 19.1. The van der Waals surface area contributed by atoms with Crippen molar-refractivity contribution in [3.63, 3.8) is 0 Å². The second-order valence-electron chi connectivity index (χ2n) is 6.09. The number of benzene rings is 1. The van der Waals surface area contributed by atoms with Gasteiger partial charge in [-0.2, -0.15) is 0 Å². The van der Waals surface area contributed by atoms with E-state index in [1.807, 2.05) is 20.8 Å². The van der Waals surface area contributed by atoms with Crippen molar-refractivity contribution in [2.75, 3.05) is 5.32 Å². The molecule has 0 fully saturated rings. The lowest BCUT2D eigenvalue weighted by molar-refractivity contribution is 0.103. The van der Waals surface area contributed by atoms with E-state index in [0.29, 0.717) is 27.1 Å². The largest absolute Gasteiger partial charge is 0.297 e. The number of halogens is 1. The van der Waals surface area contributed by atoms with Crippen LogP contribution in [0.1, 0.15) is 26.8 Å². The number of rotatable bonds is 3. The van der Waals surface area contributed by atoms with Gasteiger partial charge in [-0.15, -0.1) is 22.7 Å². The Labute approximate surface area is 163 Å². The normalized spacial score (nSPS) is 11.1. The number of carbonyl (C=O) groups is 1. The Morgan fingerprint density at radius 2 is 1.96 bits per heavy atom. The molecule has 3 aromatic heterocycles. The standard InChI is InChI=1S/C19H15FN4OS2/c1-9-15-10(2)21-11(3)22-18(15)27-16(9)17(25)24-19-23-14(8-26-19)12-5-4-6-13(20)7-12/h4-8H,1-3H3,(H,23,24,25). The number of thiophene rings is 1. The molecule has 0 aliphatic carbocycles. The van der Waals surface area contributed by atoms with Crippen LogP contribution in [-0.2, 0) is 0 Å². The van der Waals surface area contributed by atoms with Crippen LogP contribution < -0.4 is 5.32 Å². The van der Waals surface area contributed by atoms with Crippen LogP contribution in [0, 0.1) is 26.6 Å². The SMILES string of the molecule is Cc1nc(C)c2c(C)c(C(=O)Nc3nc(-c4cccc(F)c4)cs3)sc2n1. The van der Waals surface area contributed by atoms with Gasteiger partial charge < -0.3 is 0 Å². The van der Waals surface area contributed by atoms with Crippen LogP contribution in [0.15, 0.2) is 29.6 Å². The Hall–Kier alpha value is -2.71. The number of amides is 1.